The molecular formula is C9H14ClN3O4S. The van der Waals surface area contributed by atoms with Gasteiger partial charge in [0, 0.05) is 24.7 Å². The van der Waals surface area contributed by atoms with Gasteiger partial charge in [-0.25, -0.2) is 13.1 Å². The Morgan fingerprint density at radius 3 is 2.50 bits per heavy atom. The van der Waals surface area contributed by atoms with Gasteiger partial charge in [0.25, 0.3) is 5.69 Å². The summed E-state index contributed by atoms with van der Waals surface area (Å²) in [6, 6.07) is 3.63. The van der Waals surface area contributed by atoms with E-state index in [0.717, 1.165) is 0 Å². The quantitative estimate of drug-likeness (QED) is 0.608. The Bertz CT molecular complexity index is 533. The number of rotatable bonds is 5. The lowest BCUT2D eigenvalue weighted by atomic mass is 10.2. The fourth-order valence-electron chi connectivity index (χ4n) is 1.28. The number of benzene rings is 1. The second kappa shape index (κ2) is 6.64. The van der Waals surface area contributed by atoms with E-state index in [1.165, 1.54) is 25.1 Å². The molecule has 0 bridgehead atoms. The van der Waals surface area contributed by atoms with Crippen LogP contribution in [0.4, 0.5) is 5.69 Å². The Morgan fingerprint density at radius 1 is 1.44 bits per heavy atom. The average molecular weight is 296 g/mol. The number of hydrogen-bond donors (Lipinski definition) is 2. The molecule has 0 unspecified atom stereocenters. The average Bonchev–Trinajstić information content (AvgIpc) is 2.25. The highest BCUT2D eigenvalue weighted by Crippen LogP contribution is 2.21. The monoisotopic (exact) mass is 295 g/mol. The number of halogens is 1. The van der Waals surface area contributed by atoms with Crippen molar-refractivity contribution in [2.24, 2.45) is 5.73 Å². The first-order valence-corrected chi connectivity index (χ1v) is 6.31. The number of nitrogens with one attached hydrogen (secondary N) is 1. The summed E-state index contributed by atoms with van der Waals surface area (Å²) in [5.41, 5.74) is 5.38. The van der Waals surface area contributed by atoms with Crippen LogP contribution in [0, 0.1) is 17.0 Å². The fourth-order valence-corrected chi connectivity index (χ4v) is 2.41. The molecular weight excluding hydrogens is 282 g/mol. The van der Waals surface area contributed by atoms with Crippen LogP contribution in [0.15, 0.2) is 23.1 Å². The molecule has 1 rings (SSSR count). The van der Waals surface area contributed by atoms with E-state index in [1.54, 1.807) is 0 Å². The Kier molecular flexibility index (Phi) is 6.19. The molecule has 0 aliphatic rings. The molecule has 102 valence electrons. The first kappa shape index (κ1) is 16.8. The van der Waals surface area contributed by atoms with Gasteiger partial charge in [-0.05, 0) is 19.1 Å². The van der Waals surface area contributed by atoms with Crippen LogP contribution in [0.2, 0.25) is 0 Å². The molecule has 0 saturated carbocycles. The Balaban J connectivity index is 0.00000289. The summed E-state index contributed by atoms with van der Waals surface area (Å²) in [6.45, 7) is 1.80. The SMILES string of the molecule is Cc1cc(S(=O)(=O)NCCN)ccc1[N+](=O)[O-].Cl. The van der Waals surface area contributed by atoms with E-state index in [2.05, 4.69) is 4.72 Å². The summed E-state index contributed by atoms with van der Waals surface area (Å²) in [5.74, 6) is 0. The first-order chi connectivity index (χ1) is 7.88. The zero-order valence-electron chi connectivity index (χ0n) is 9.62. The Morgan fingerprint density at radius 2 is 2.06 bits per heavy atom. The molecule has 3 N–H and O–H groups in total. The molecule has 0 radical (unpaired) electrons. The molecule has 0 heterocycles. The highest BCUT2D eigenvalue weighted by atomic mass is 35.5. The fraction of sp³-hybridized carbons (Fsp3) is 0.333. The van der Waals surface area contributed by atoms with Gasteiger partial charge in [-0.2, -0.15) is 0 Å². The van der Waals surface area contributed by atoms with Gasteiger partial charge in [0.2, 0.25) is 10.0 Å². The summed E-state index contributed by atoms with van der Waals surface area (Å²) < 4.78 is 25.7. The highest BCUT2D eigenvalue weighted by molar-refractivity contribution is 7.89. The van der Waals surface area contributed by atoms with Crippen molar-refractivity contribution in [3.8, 4) is 0 Å². The number of nitrogens with two attached hydrogens (primary N) is 1. The van der Waals surface area contributed by atoms with Gasteiger partial charge in [-0.15, -0.1) is 12.4 Å². The maximum atomic E-state index is 11.7. The number of nitro benzene ring substituents is 1. The topological polar surface area (TPSA) is 115 Å². The molecule has 1 aromatic rings. The molecule has 1 aromatic carbocycles. The van der Waals surface area contributed by atoms with Gasteiger partial charge in [-0.1, -0.05) is 0 Å². The summed E-state index contributed by atoms with van der Waals surface area (Å²) in [5, 5.41) is 10.6. The third-order valence-corrected chi connectivity index (χ3v) is 3.57. The van der Waals surface area contributed by atoms with Crippen LogP contribution in [-0.2, 0) is 10.0 Å². The van der Waals surface area contributed by atoms with Crippen molar-refractivity contribution >= 4 is 28.1 Å². The van der Waals surface area contributed by atoms with E-state index in [-0.39, 0.29) is 36.1 Å². The predicted molar refractivity (Wildman–Crippen MR) is 69.3 cm³/mol. The minimum atomic E-state index is -3.64. The van der Waals surface area contributed by atoms with Gasteiger partial charge >= 0.3 is 0 Å². The minimum absolute atomic E-state index is 0. The smallest absolute Gasteiger partial charge is 0.272 e. The van der Waals surface area contributed by atoms with Crippen LogP contribution in [0.5, 0.6) is 0 Å². The second-order valence-corrected chi connectivity index (χ2v) is 5.16. The van der Waals surface area contributed by atoms with Gasteiger partial charge in [0.05, 0.1) is 9.82 Å². The van der Waals surface area contributed by atoms with Crippen molar-refractivity contribution in [3.63, 3.8) is 0 Å². The van der Waals surface area contributed by atoms with Crippen molar-refractivity contribution < 1.29 is 13.3 Å². The maximum absolute atomic E-state index is 11.7. The largest absolute Gasteiger partial charge is 0.329 e. The number of nitrogens with zero attached hydrogens (tertiary/aromatic N) is 1. The van der Waals surface area contributed by atoms with E-state index in [1.807, 2.05) is 0 Å². The van der Waals surface area contributed by atoms with Crippen molar-refractivity contribution in [1.29, 1.82) is 0 Å². The third-order valence-electron chi connectivity index (χ3n) is 2.11. The van der Waals surface area contributed by atoms with E-state index in [0.29, 0.717) is 5.56 Å². The zero-order valence-corrected chi connectivity index (χ0v) is 11.3. The molecule has 0 fully saturated rings. The number of sulfonamides is 1. The van der Waals surface area contributed by atoms with E-state index in [4.69, 9.17) is 5.73 Å². The molecule has 0 atom stereocenters. The molecule has 0 aliphatic carbocycles. The van der Waals surface area contributed by atoms with Crippen molar-refractivity contribution in [2.45, 2.75) is 11.8 Å². The molecule has 7 nitrogen and oxygen atoms in total. The van der Waals surface area contributed by atoms with Crippen LogP contribution in [0.3, 0.4) is 0 Å². The molecule has 0 aliphatic heterocycles. The van der Waals surface area contributed by atoms with Crippen molar-refractivity contribution in [1.82, 2.24) is 4.72 Å². The van der Waals surface area contributed by atoms with Crippen LogP contribution in [0.1, 0.15) is 5.56 Å². The second-order valence-electron chi connectivity index (χ2n) is 3.39. The van der Waals surface area contributed by atoms with Crippen LogP contribution in [0.25, 0.3) is 0 Å². The number of hydrogen-bond acceptors (Lipinski definition) is 5. The van der Waals surface area contributed by atoms with Gasteiger partial charge in [0.15, 0.2) is 0 Å². The van der Waals surface area contributed by atoms with Gasteiger partial charge in [0.1, 0.15) is 0 Å². The first-order valence-electron chi connectivity index (χ1n) is 4.83. The highest BCUT2D eigenvalue weighted by Gasteiger charge is 2.17. The predicted octanol–water partition coefficient (Wildman–Crippen LogP) is 0.562. The zero-order chi connectivity index (χ0) is 13.1. The lowest BCUT2D eigenvalue weighted by Crippen LogP contribution is -2.29. The van der Waals surface area contributed by atoms with Gasteiger partial charge < -0.3 is 5.73 Å². The van der Waals surface area contributed by atoms with Crippen molar-refractivity contribution in [3.05, 3.63) is 33.9 Å². The summed E-state index contributed by atoms with van der Waals surface area (Å²) >= 11 is 0. The Labute approximate surface area is 111 Å². The molecule has 0 spiro atoms. The lowest BCUT2D eigenvalue weighted by molar-refractivity contribution is -0.385. The molecule has 0 saturated heterocycles. The van der Waals surface area contributed by atoms with Crippen LogP contribution < -0.4 is 10.5 Å². The Hall–Kier alpha value is -1.22. The van der Waals surface area contributed by atoms with Crippen LogP contribution >= 0.6 is 12.4 Å². The molecule has 0 aromatic heterocycles. The van der Waals surface area contributed by atoms with Crippen molar-refractivity contribution in [2.75, 3.05) is 13.1 Å². The normalized spacial score (nSPS) is 10.8. The lowest BCUT2D eigenvalue weighted by Gasteiger charge is -2.06. The number of aryl methyl sites for hydroxylation is 1. The minimum Gasteiger partial charge on any atom is -0.329 e. The molecule has 18 heavy (non-hydrogen) atoms. The number of nitro groups is 1. The van der Waals surface area contributed by atoms with Crippen LogP contribution in [-0.4, -0.2) is 26.4 Å². The molecule has 0 amide bonds. The summed E-state index contributed by atoms with van der Waals surface area (Å²) in [7, 11) is -3.64. The molecule has 9 heteroatoms. The summed E-state index contributed by atoms with van der Waals surface area (Å²) in [4.78, 5) is 10.0. The standard InChI is InChI=1S/C9H13N3O4S.ClH/c1-7-6-8(2-3-9(7)12(13)14)17(15,16)11-5-4-10;/h2-3,6,11H,4-5,10H2,1H3;1H. The van der Waals surface area contributed by atoms with E-state index < -0.39 is 14.9 Å². The van der Waals surface area contributed by atoms with Gasteiger partial charge in [-0.3, -0.25) is 10.1 Å². The summed E-state index contributed by atoms with van der Waals surface area (Å²) in [6.07, 6.45) is 0. The third kappa shape index (κ3) is 3.91. The van der Waals surface area contributed by atoms with E-state index >= 15 is 0 Å². The maximum Gasteiger partial charge on any atom is 0.272 e. The van der Waals surface area contributed by atoms with E-state index in [9.17, 15) is 18.5 Å².